The van der Waals surface area contributed by atoms with E-state index in [1.165, 1.54) is 25.3 Å². The zero-order valence-electron chi connectivity index (χ0n) is 10.3. The molecule has 1 nitrogen and oxygen atoms in total. The molecule has 1 aromatic carbocycles. The molecule has 2 atom stereocenters. The average Bonchev–Trinajstić information content (AvgIpc) is 3.12. The molecule has 0 heterocycles. The van der Waals surface area contributed by atoms with Crippen LogP contribution in [-0.2, 0) is 5.60 Å². The highest BCUT2D eigenvalue weighted by atomic mass is 35.5. The van der Waals surface area contributed by atoms with Crippen LogP contribution >= 0.6 is 11.6 Å². The summed E-state index contributed by atoms with van der Waals surface area (Å²) in [5.41, 5.74) is -0.558. The summed E-state index contributed by atoms with van der Waals surface area (Å²) in [5, 5.41) is 11.2. The van der Waals surface area contributed by atoms with Crippen molar-refractivity contribution in [2.75, 3.05) is 0 Å². The molecule has 2 aliphatic rings. The second kappa shape index (κ2) is 4.50. The second-order valence-electron chi connectivity index (χ2n) is 5.85. The van der Waals surface area contributed by atoms with Gasteiger partial charge in [0.25, 0.3) is 0 Å². The molecular formula is C15H18ClFO. The van der Waals surface area contributed by atoms with Gasteiger partial charge < -0.3 is 5.11 Å². The zero-order chi connectivity index (χ0) is 12.8. The molecule has 3 heteroatoms. The highest BCUT2D eigenvalue weighted by Crippen LogP contribution is 2.49. The molecule has 0 spiro atoms. The summed E-state index contributed by atoms with van der Waals surface area (Å²) in [5.74, 6) is 0.965. The van der Waals surface area contributed by atoms with Gasteiger partial charge in [-0.1, -0.05) is 17.7 Å². The summed E-state index contributed by atoms with van der Waals surface area (Å²) in [6.07, 6.45) is 6.10. The van der Waals surface area contributed by atoms with Crippen molar-refractivity contribution in [2.45, 2.75) is 44.1 Å². The lowest BCUT2D eigenvalue weighted by atomic mass is 9.72. The largest absolute Gasteiger partial charge is 0.385 e. The third-order valence-corrected chi connectivity index (χ3v) is 4.72. The lowest BCUT2D eigenvalue weighted by molar-refractivity contribution is -0.0278. The van der Waals surface area contributed by atoms with Gasteiger partial charge in [0, 0.05) is 10.6 Å². The van der Waals surface area contributed by atoms with Crippen molar-refractivity contribution in [1.29, 1.82) is 0 Å². The number of halogens is 2. The molecule has 1 aromatic rings. The van der Waals surface area contributed by atoms with Crippen LogP contribution in [0.25, 0.3) is 0 Å². The number of hydrogen-bond donors (Lipinski definition) is 1. The van der Waals surface area contributed by atoms with Gasteiger partial charge in [-0.15, -0.1) is 0 Å². The third-order valence-electron chi connectivity index (χ3n) is 4.49. The Morgan fingerprint density at radius 1 is 1.22 bits per heavy atom. The Bertz CT molecular complexity index is 458. The molecular weight excluding hydrogens is 251 g/mol. The summed E-state index contributed by atoms with van der Waals surface area (Å²) in [6.45, 7) is 0. The minimum Gasteiger partial charge on any atom is -0.385 e. The topological polar surface area (TPSA) is 20.2 Å². The standard InChI is InChI=1S/C15H18ClFO/c16-12-5-6-13(14(17)8-12)15(18)7-1-2-11(9-15)10-3-4-10/h5-6,8,10-11,18H,1-4,7,9H2. The van der Waals surface area contributed by atoms with E-state index in [4.69, 9.17) is 11.6 Å². The maximum Gasteiger partial charge on any atom is 0.130 e. The molecule has 98 valence electrons. The predicted octanol–water partition coefficient (Wildman–Crippen LogP) is 4.27. The lowest BCUT2D eigenvalue weighted by Gasteiger charge is -2.37. The summed E-state index contributed by atoms with van der Waals surface area (Å²) >= 11 is 5.77. The van der Waals surface area contributed by atoms with Crippen molar-refractivity contribution in [3.63, 3.8) is 0 Å². The Balaban J connectivity index is 1.87. The molecule has 3 rings (SSSR count). The SMILES string of the molecule is OC1(c2ccc(Cl)cc2F)CCCC(C2CC2)C1. The number of benzene rings is 1. The van der Waals surface area contributed by atoms with E-state index in [0.29, 0.717) is 29.3 Å². The van der Waals surface area contributed by atoms with Gasteiger partial charge in [-0.2, -0.15) is 0 Å². The van der Waals surface area contributed by atoms with Crippen LogP contribution in [0.5, 0.6) is 0 Å². The maximum atomic E-state index is 14.0. The minimum atomic E-state index is -0.986. The minimum absolute atomic E-state index is 0.374. The summed E-state index contributed by atoms with van der Waals surface area (Å²) in [6, 6.07) is 4.61. The summed E-state index contributed by atoms with van der Waals surface area (Å²) in [7, 11) is 0. The molecule has 0 amide bonds. The van der Waals surface area contributed by atoms with Crippen molar-refractivity contribution >= 4 is 11.6 Å². The predicted molar refractivity (Wildman–Crippen MR) is 70.0 cm³/mol. The van der Waals surface area contributed by atoms with Crippen LogP contribution in [0.2, 0.25) is 5.02 Å². The Hall–Kier alpha value is -0.600. The van der Waals surface area contributed by atoms with Gasteiger partial charge in [0.2, 0.25) is 0 Å². The summed E-state index contributed by atoms with van der Waals surface area (Å²) in [4.78, 5) is 0. The first-order chi connectivity index (χ1) is 8.58. The summed E-state index contributed by atoms with van der Waals surface area (Å²) < 4.78 is 14.0. The highest BCUT2D eigenvalue weighted by Gasteiger charge is 2.42. The maximum absolute atomic E-state index is 14.0. The van der Waals surface area contributed by atoms with Crippen LogP contribution in [0.1, 0.15) is 44.1 Å². The quantitative estimate of drug-likeness (QED) is 0.849. The van der Waals surface area contributed by atoms with Gasteiger partial charge in [-0.05, 0) is 62.5 Å². The van der Waals surface area contributed by atoms with Crippen LogP contribution in [0.3, 0.4) is 0 Å². The van der Waals surface area contributed by atoms with Crippen LogP contribution in [-0.4, -0.2) is 5.11 Å². The Morgan fingerprint density at radius 3 is 2.67 bits per heavy atom. The van der Waals surface area contributed by atoms with E-state index in [1.807, 2.05) is 0 Å². The second-order valence-corrected chi connectivity index (χ2v) is 6.29. The third kappa shape index (κ3) is 2.28. The van der Waals surface area contributed by atoms with Crippen molar-refractivity contribution in [2.24, 2.45) is 11.8 Å². The van der Waals surface area contributed by atoms with E-state index in [0.717, 1.165) is 12.3 Å². The fourth-order valence-corrected chi connectivity index (χ4v) is 3.53. The molecule has 0 aliphatic heterocycles. The highest BCUT2D eigenvalue weighted by molar-refractivity contribution is 6.30. The van der Waals surface area contributed by atoms with Crippen LogP contribution in [0, 0.1) is 17.7 Å². The Morgan fingerprint density at radius 2 is 2.00 bits per heavy atom. The molecule has 0 aromatic heterocycles. The fraction of sp³-hybridized carbons (Fsp3) is 0.600. The van der Waals surface area contributed by atoms with Crippen molar-refractivity contribution < 1.29 is 9.50 Å². The lowest BCUT2D eigenvalue weighted by Crippen LogP contribution is -2.34. The molecule has 0 bridgehead atoms. The first kappa shape index (κ1) is 12.4. The van der Waals surface area contributed by atoms with Gasteiger partial charge in [-0.3, -0.25) is 0 Å². The first-order valence-corrected chi connectivity index (χ1v) is 7.14. The van der Waals surface area contributed by atoms with E-state index in [9.17, 15) is 9.50 Å². The van der Waals surface area contributed by atoms with Crippen LogP contribution < -0.4 is 0 Å². The van der Waals surface area contributed by atoms with E-state index >= 15 is 0 Å². The smallest absolute Gasteiger partial charge is 0.130 e. The molecule has 2 aliphatic carbocycles. The number of aliphatic hydroxyl groups is 1. The molecule has 1 N–H and O–H groups in total. The molecule has 0 saturated heterocycles. The molecule has 2 saturated carbocycles. The van der Waals surface area contributed by atoms with E-state index in [1.54, 1.807) is 12.1 Å². The molecule has 0 radical (unpaired) electrons. The molecule has 2 unspecified atom stereocenters. The Kier molecular flexibility index (Phi) is 3.11. The molecule has 2 fully saturated rings. The van der Waals surface area contributed by atoms with Gasteiger partial charge in [0.1, 0.15) is 5.82 Å². The van der Waals surface area contributed by atoms with Crippen molar-refractivity contribution in [1.82, 2.24) is 0 Å². The van der Waals surface area contributed by atoms with Gasteiger partial charge in [0.15, 0.2) is 0 Å². The first-order valence-electron chi connectivity index (χ1n) is 6.76. The number of rotatable bonds is 2. The van der Waals surface area contributed by atoms with Crippen LogP contribution in [0.15, 0.2) is 18.2 Å². The monoisotopic (exact) mass is 268 g/mol. The van der Waals surface area contributed by atoms with Gasteiger partial charge >= 0.3 is 0 Å². The zero-order valence-corrected chi connectivity index (χ0v) is 11.1. The van der Waals surface area contributed by atoms with Gasteiger partial charge in [-0.25, -0.2) is 4.39 Å². The van der Waals surface area contributed by atoms with E-state index in [-0.39, 0.29) is 5.82 Å². The fourth-order valence-electron chi connectivity index (χ4n) is 3.38. The van der Waals surface area contributed by atoms with Crippen molar-refractivity contribution in [3.05, 3.63) is 34.6 Å². The van der Waals surface area contributed by atoms with E-state index in [2.05, 4.69) is 0 Å². The van der Waals surface area contributed by atoms with E-state index < -0.39 is 5.60 Å². The molecule has 18 heavy (non-hydrogen) atoms. The van der Waals surface area contributed by atoms with Gasteiger partial charge in [0.05, 0.1) is 5.60 Å². The van der Waals surface area contributed by atoms with Crippen molar-refractivity contribution in [3.8, 4) is 0 Å². The normalized spacial score (nSPS) is 32.5. The average molecular weight is 269 g/mol. The van der Waals surface area contributed by atoms with Crippen LogP contribution in [0.4, 0.5) is 4.39 Å². The number of hydrogen-bond acceptors (Lipinski definition) is 1. The Labute approximate surface area is 112 Å².